The van der Waals surface area contributed by atoms with E-state index >= 15 is 0 Å². The van der Waals surface area contributed by atoms with Crippen LogP contribution >= 0.6 is 0 Å². The number of benzene rings is 2. The molecule has 0 amide bonds. The van der Waals surface area contributed by atoms with Crippen LogP contribution in [0.2, 0.25) is 6.04 Å². The molecule has 3 aromatic rings. The van der Waals surface area contributed by atoms with Crippen molar-refractivity contribution in [2.24, 2.45) is 0 Å². The van der Waals surface area contributed by atoms with Crippen molar-refractivity contribution in [1.82, 2.24) is 4.98 Å². The number of para-hydroxylation sites is 1. The molecule has 0 spiro atoms. The van der Waals surface area contributed by atoms with Gasteiger partial charge in [0.2, 0.25) is 0 Å². The lowest BCUT2D eigenvalue weighted by Crippen LogP contribution is -1.82. The van der Waals surface area contributed by atoms with Gasteiger partial charge in [-0.15, -0.1) is 0 Å². The maximum absolute atomic E-state index is 3.49. The third kappa shape index (κ3) is 1.46. The molecular formula is C14H15NSi. The first-order chi connectivity index (χ1) is 7.88. The number of aromatic amines is 1. The summed E-state index contributed by atoms with van der Waals surface area (Å²) in [6, 6.07) is 16.7. The Labute approximate surface area is 97.9 Å². The minimum Gasteiger partial charge on any atom is -0.355 e. The number of H-pyrrole nitrogens is 1. The Morgan fingerprint density at radius 2 is 1.75 bits per heavy atom. The van der Waals surface area contributed by atoms with Gasteiger partial charge in [-0.3, -0.25) is 0 Å². The van der Waals surface area contributed by atoms with E-state index in [0.717, 1.165) is 0 Å². The number of rotatable bonds is 2. The second-order valence-corrected chi connectivity index (χ2v) is 5.30. The summed E-state index contributed by atoms with van der Waals surface area (Å²) < 4.78 is 0. The Hall–Kier alpha value is -1.54. The molecule has 0 radical (unpaired) electrons. The first-order valence-corrected chi connectivity index (χ1v) is 7.29. The highest BCUT2D eigenvalue weighted by Crippen LogP contribution is 2.25. The average Bonchev–Trinajstić information content (AvgIpc) is 2.67. The van der Waals surface area contributed by atoms with Gasteiger partial charge in [0.1, 0.15) is 0 Å². The molecule has 1 aromatic heterocycles. The van der Waals surface area contributed by atoms with Crippen molar-refractivity contribution in [1.29, 1.82) is 0 Å². The summed E-state index contributed by atoms with van der Waals surface area (Å²) in [5.41, 5.74) is 3.96. The Bertz CT molecular complexity index is 639. The van der Waals surface area contributed by atoms with Crippen LogP contribution in [0.4, 0.5) is 0 Å². The van der Waals surface area contributed by atoms with E-state index in [9.17, 15) is 0 Å². The van der Waals surface area contributed by atoms with Crippen LogP contribution in [0.15, 0.2) is 42.5 Å². The highest BCUT2D eigenvalue weighted by atomic mass is 28.1. The summed E-state index contributed by atoms with van der Waals surface area (Å²) in [6.07, 6.45) is 1.22. The predicted octanol–water partition coefficient (Wildman–Crippen LogP) is 2.65. The number of aryl methyl sites for hydroxylation is 1. The zero-order valence-corrected chi connectivity index (χ0v) is 11.5. The molecule has 2 aromatic carbocycles. The van der Waals surface area contributed by atoms with Crippen LogP contribution in [0, 0.1) is 0 Å². The topological polar surface area (TPSA) is 15.8 Å². The summed E-state index contributed by atoms with van der Waals surface area (Å²) in [5, 5.41) is 2.67. The first kappa shape index (κ1) is 9.67. The van der Waals surface area contributed by atoms with Crippen LogP contribution in [0.3, 0.4) is 0 Å². The van der Waals surface area contributed by atoms with Gasteiger partial charge in [-0.05, 0) is 24.1 Å². The molecule has 16 heavy (non-hydrogen) atoms. The molecule has 0 fully saturated rings. The second kappa shape index (κ2) is 3.80. The van der Waals surface area contributed by atoms with Gasteiger partial charge in [0.05, 0.1) is 0 Å². The molecule has 1 N–H and O–H groups in total. The molecule has 1 nitrogen and oxygen atoms in total. The zero-order valence-electron chi connectivity index (χ0n) is 9.46. The molecule has 0 unspecified atom stereocenters. The lowest BCUT2D eigenvalue weighted by Gasteiger charge is -1.98. The van der Waals surface area contributed by atoms with Crippen molar-refractivity contribution < 1.29 is 0 Å². The van der Waals surface area contributed by atoms with E-state index in [0.29, 0.717) is 0 Å². The van der Waals surface area contributed by atoms with Gasteiger partial charge in [0.25, 0.3) is 0 Å². The van der Waals surface area contributed by atoms with Crippen molar-refractivity contribution in [3.05, 3.63) is 48.0 Å². The third-order valence-corrected chi connectivity index (χ3v) is 3.61. The number of nitrogens with one attached hydrogen (secondary N) is 1. The molecule has 0 saturated heterocycles. The first-order valence-electron chi connectivity index (χ1n) is 5.88. The molecule has 0 aliphatic carbocycles. The number of hydrogen-bond acceptors (Lipinski definition) is 0. The van der Waals surface area contributed by atoms with Gasteiger partial charge < -0.3 is 4.98 Å². The van der Waals surface area contributed by atoms with E-state index in [-0.39, 0.29) is 0 Å². The fraction of sp³-hybridized carbons (Fsp3) is 0.143. The quantitative estimate of drug-likeness (QED) is 0.645. The van der Waals surface area contributed by atoms with Crippen molar-refractivity contribution in [2.75, 3.05) is 0 Å². The van der Waals surface area contributed by atoms with Crippen LogP contribution in [0.5, 0.6) is 0 Å². The van der Waals surface area contributed by atoms with Gasteiger partial charge in [-0.2, -0.15) is 0 Å². The smallest absolute Gasteiger partial charge is 0.0467 e. The molecule has 0 atom stereocenters. The Morgan fingerprint density at radius 3 is 2.62 bits per heavy atom. The summed E-state index contributed by atoms with van der Waals surface area (Å²) >= 11 is 0. The van der Waals surface area contributed by atoms with Crippen LogP contribution < -0.4 is 0 Å². The molecule has 0 aliphatic heterocycles. The maximum atomic E-state index is 3.49. The fourth-order valence-electron chi connectivity index (χ4n) is 2.35. The molecular weight excluding hydrogens is 210 g/mol. The SMILES string of the molecule is [SiH3]CCc1ccc2c(c1)[nH]c1ccccc12. The van der Waals surface area contributed by atoms with Crippen LogP contribution in [-0.4, -0.2) is 15.2 Å². The van der Waals surface area contributed by atoms with Gasteiger partial charge >= 0.3 is 0 Å². The number of fused-ring (bicyclic) bond motifs is 3. The van der Waals surface area contributed by atoms with Crippen LogP contribution in [-0.2, 0) is 6.42 Å². The molecule has 1 heterocycles. The second-order valence-electron chi connectivity index (χ2n) is 4.30. The van der Waals surface area contributed by atoms with E-state index in [1.165, 1.54) is 50.1 Å². The van der Waals surface area contributed by atoms with E-state index < -0.39 is 0 Å². The Morgan fingerprint density at radius 1 is 0.938 bits per heavy atom. The summed E-state index contributed by atoms with van der Waals surface area (Å²) in [7, 11) is 1.29. The lowest BCUT2D eigenvalue weighted by atomic mass is 10.1. The largest absolute Gasteiger partial charge is 0.355 e. The van der Waals surface area contributed by atoms with E-state index in [4.69, 9.17) is 0 Å². The normalized spacial score (nSPS) is 11.5. The Balaban J connectivity index is 2.28. The average molecular weight is 225 g/mol. The van der Waals surface area contributed by atoms with Crippen LogP contribution in [0.1, 0.15) is 5.56 Å². The third-order valence-electron chi connectivity index (χ3n) is 3.11. The van der Waals surface area contributed by atoms with Gasteiger partial charge in [-0.25, -0.2) is 0 Å². The molecule has 0 bridgehead atoms. The summed E-state index contributed by atoms with van der Waals surface area (Å²) in [6.45, 7) is 0. The Kier molecular flexibility index (Phi) is 2.29. The fourth-order valence-corrected chi connectivity index (χ4v) is 2.92. The number of aromatic nitrogens is 1. The van der Waals surface area contributed by atoms with Crippen molar-refractivity contribution >= 4 is 32.0 Å². The highest BCUT2D eigenvalue weighted by Gasteiger charge is 2.03. The van der Waals surface area contributed by atoms with Crippen LogP contribution in [0.25, 0.3) is 21.8 Å². The summed E-state index contributed by atoms with van der Waals surface area (Å²) in [5.74, 6) is 0. The standard InChI is InChI=1S/C14H15NSi/c16-8-7-10-5-6-12-11-3-1-2-4-13(11)15-14(12)9-10/h1-6,9,15H,7-8H2,16H3. The summed E-state index contributed by atoms with van der Waals surface area (Å²) in [4.78, 5) is 3.49. The van der Waals surface area contributed by atoms with Crippen molar-refractivity contribution in [2.45, 2.75) is 12.5 Å². The van der Waals surface area contributed by atoms with Crippen molar-refractivity contribution in [3.8, 4) is 0 Å². The zero-order chi connectivity index (χ0) is 11.0. The lowest BCUT2D eigenvalue weighted by molar-refractivity contribution is 1.14. The van der Waals surface area contributed by atoms with E-state index in [1.54, 1.807) is 0 Å². The van der Waals surface area contributed by atoms with Gasteiger partial charge in [0, 0.05) is 32.0 Å². The monoisotopic (exact) mass is 225 g/mol. The van der Waals surface area contributed by atoms with Crippen molar-refractivity contribution in [3.63, 3.8) is 0 Å². The minimum atomic E-state index is 1.22. The minimum absolute atomic E-state index is 1.22. The molecule has 0 saturated carbocycles. The highest BCUT2D eigenvalue weighted by molar-refractivity contribution is 6.09. The number of hydrogen-bond donors (Lipinski definition) is 1. The van der Waals surface area contributed by atoms with E-state index in [1.807, 2.05) is 0 Å². The molecule has 0 aliphatic rings. The molecule has 80 valence electrons. The molecule has 2 heteroatoms. The van der Waals surface area contributed by atoms with E-state index in [2.05, 4.69) is 47.4 Å². The van der Waals surface area contributed by atoms with Gasteiger partial charge in [-0.1, -0.05) is 36.4 Å². The van der Waals surface area contributed by atoms with Gasteiger partial charge in [0.15, 0.2) is 0 Å². The predicted molar refractivity (Wildman–Crippen MR) is 74.3 cm³/mol. The molecule has 3 rings (SSSR count). The maximum Gasteiger partial charge on any atom is 0.0467 e.